The minimum Gasteiger partial charge on any atom is -0.325 e. The monoisotopic (exact) mass is 427 g/mol. The zero-order chi connectivity index (χ0) is 21.7. The molecule has 0 fully saturated rings. The number of nitrogens with one attached hydrogen (secondary N) is 1. The molecule has 0 aliphatic carbocycles. The third-order valence-corrected chi connectivity index (χ3v) is 6.44. The van der Waals surface area contributed by atoms with Crippen molar-refractivity contribution in [3.8, 4) is 27.8 Å². The van der Waals surface area contributed by atoms with Crippen LogP contribution in [0.2, 0.25) is 0 Å². The summed E-state index contributed by atoms with van der Waals surface area (Å²) in [6.07, 6.45) is 3.57. The first-order chi connectivity index (χ1) is 15.0. The minimum atomic E-state index is -0.261. The first kappa shape index (κ1) is 19.1. The van der Waals surface area contributed by atoms with Gasteiger partial charge in [-0.3, -0.25) is 9.48 Å². The first-order valence-corrected chi connectivity index (χ1v) is 10.4. The number of hydrogen-bond acceptors (Lipinski definition) is 7. The second-order valence-corrected chi connectivity index (χ2v) is 8.28. The number of aromatic amines is 1. The fourth-order valence-electron chi connectivity index (χ4n) is 3.83. The molecular weight excluding hydrogens is 410 g/mol. The fourth-order valence-corrected chi connectivity index (χ4v) is 4.99. The van der Waals surface area contributed by atoms with Crippen LogP contribution < -0.4 is 11.3 Å². The summed E-state index contributed by atoms with van der Waals surface area (Å²) in [6, 6.07) is 9.88. The summed E-state index contributed by atoms with van der Waals surface area (Å²) in [6.45, 7) is 2.16. The molecule has 152 valence electrons. The molecule has 0 aliphatic rings. The molecule has 0 radical (unpaired) electrons. The highest BCUT2D eigenvalue weighted by molar-refractivity contribution is 7.22. The summed E-state index contributed by atoms with van der Waals surface area (Å²) >= 11 is 1.47. The van der Waals surface area contributed by atoms with Crippen LogP contribution in [0.4, 0.5) is 0 Å². The molecule has 8 nitrogen and oxygen atoms in total. The van der Waals surface area contributed by atoms with Crippen LogP contribution in [-0.2, 0) is 13.6 Å². The summed E-state index contributed by atoms with van der Waals surface area (Å²) in [5.41, 5.74) is 10.3. The van der Waals surface area contributed by atoms with Gasteiger partial charge in [-0.05, 0) is 36.2 Å². The van der Waals surface area contributed by atoms with E-state index in [1.807, 2.05) is 32.2 Å². The lowest BCUT2D eigenvalue weighted by Crippen LogP contribution is -2.13. The van der Waals surface area contributed by atoms with E-state index in [0.29, 0.717) is 22.0 Å². The molecular formula is C22H17N7OS. The number of thiophene rings is 1. The average molecular weight is 427 g/mol. The number of aromatic nitrogens is 5. The molecule has 9 heteroatoms. The largest absolute Gasteiger partial charge is 0.325 e. The minimum absolute atomic E-state index is 0.205. The van der Waals surface area contributed by atoms with E-state index in [1.165, 1.54) is 11.3 Å². The number of pyridine rings is 1. The smallest absolute Gasteiger partial charge is 0.272 e. The molecule has 0 amide bonds. The van der Waals surface area contributed by atoms with Crippen LogP contribution in [0, 0.1) is 18.3 Å². The van der Waals surface area contributed by atoms with Crippen LogP contribution in [0.15, 0.2) is 41.5 Å². The number of aryl methyl sites for hydroxylation is 2. The highest BCUT2D eigenvalue weighted by atomic mass is 32.1. The number of nitrogens with two attached hydrogens (primary N) is 1. The van der Waals surface area contributed by atoms with Crippen LogP contribution in [0.5, 0.6) is 0 Å². The van der Waals surface area contributed by atoms with Crippen molar-refractivity contribution in [2.75, 3.05) is 0 Å². The lowest BCUT2D eigenvalue weighted by atomic mass is 10.00. The van der Waals surface area contributed by atoms with Gasteiger partial charge >= 0.3 is 0 Å². The molecule has 1 aromatic carbocycles. The Bertz CT molecular complexity index is 1590. The third kappa shape index (κ3) is 2.92. The molecule has 0 saturated carbocycles. The van der Waals surface area contributed by atoms with E-state index >= 15 is 0 Å². The Morgan fingerprint density at radius 3 is 2.84 bits per heavy atom. The molecule has 4 aromatic heterocycles. The van der Waals surface area contributed by atoms with Crippen molar-refractivity contribution in [1.29, 1.82) is 5.26 Å². The highest BCUT2D eigenvalue weighted by Gasteiger charge is 2.22. The van der Waals surface area contributed by atoms with Crippen molar-refractivity contribution in [3.63, 3.8) is 0 Å². The number of benzene rings is 1. The average Bonchev–Trinajstić information content (AvgIpc) is 3.33. The topological polar surface area (TPSA) is 126 Å². The van der Waals surface area contributed by atoms with Gasteiger partial charge < -0.3 is 5.73 Å². The van der Waals surface area contributed by atoms with Crippen molar-refractivity contribution >= 4 is 32.3 Å². The lowest BCUT2D eigenvalue weighted by molar-refractivity contribution is 0.777. The molecule has 4 heterocycles. The first-order valence-electron chi connectivity index (χ1n) is 9.55. The van der Waals surface area contributed by atoms with Gasteiger partial charge in [0.15, 0.2) is 0 Å². The van der Waals surface area contributed by atoms with Crippen molar-refractivity contribution in [1.82, 2.24) is 25.0 Å². The Hall–Kier alpha value is -3.87. The number of fused-ring (bicyclic) bond motifs is 2. The zero-order valence-corrected chi connectivity index (χ0v) is 17.6. The maximum atomic E-state index is 12.2. The number of nitriles is 1. The van der Waals surface area contributed by atoms with Gasteiger partial charge in [0.05, 0.1) is 33.4 Å². The molecule has 0 bridgehead atoms. The maximum absolute atomic E-state index is 12.2. The maximum Gasteiger partial charge on any atom is 0.272 e. The van der Waals surface area contributed by atoms with E-state index in [-0.39, 0.29) is 12.1 Å². The van der Waals surface area contributed by atoms with Crippen molar-refractivity contribution in [3.05, 3.63) is 63.8 Å². The predicted octanol–water partition coefficient (Wildman–Crippen LogP) is 3.24. The van der Waals surface area contributed by atoms with Crippen LogP contribution in [0.25, 0.3) is 42.7 Å². The van der Waals surface area contributed by atoms with Crippen LogP contribution in [-0.4, -0.2) is 25.0 Å². The van der Waals surface area contributed by atoms with E-state index in [1.54, 1.807) is 23.1 Å². The number of nitrogens with zero attached hydrogens (tertiary/aromatic N) is 5. The van der Waals surface area contributed by atoms with Crippen molar-refractivity contribution in [2.45, 2.75) is 13.5 Å². The Morgan fingerprint density at radius 2 is 2.06 bits per heavy atom. The van der Waals surface area contributed by atoms with Gasteiger partial charge in [0, 0.05) is 36.1 Å². The number of rotatable bonds is 3. The number of H-pyrrole nitrogens is 1. The van der Waals surface area contributed by atoms with E-state index < -0.39 is 0 Å². The van der Waals surface area contributed by atoms with Crippen LogP contribution in [0.3, 0.4) is 0 Å². The normalized spacial score (nSPS) is 11.3. The molecule has 5 rings (SSSR count). The summed E-state index contributed by atoms with van der Waals surface area (Å²) in [5, 5.41) is 23.0. The molecule has 3 N–H and O–H groups in total. The summed E-state index contributed by atoms with van der Waals surface area (Å²) in [7, 11) is 1.85. The Balaban J connectivity index is 1.79. The summed E-state index contributed by atoms with van der Waals surface area (Å²) in [4.78, 5) is 18.3. The molecule has 31 heavy (non-hydrogen) atoms. The molecule has 0 spiro atoms. The molecule has 0 atom stereocenters. The van der Waals surface area contributed by atoms with E-state index in [2.05, 4.69) is 26.3 Å². The number of hydrogen-bond donors (Lipinski definition) is 2. The second kappa shape index (κ2) is 7.12. The lowest BCUT2D eigenvalue weighted by Gasteiger charge is -2.08. The SMILES string of the molecule is Cc1cnc2sc(-c3c(-c4ccc5c(=O)[nH]nc(CN)c5c4)cnn3C)c(C#N)c2c1. The molecule has 0 saturated heterocycles. The predicted molar refractivity (Wildman–Crippen MR) is 121 cm³/mol. The van der Waals surface area contributed by atoms with Gasteiger partial charge in [0.2, 0.25) is 0 Å². The van der Waals surface area contributed by atoms with E-state index in [9.17, 15) is 10.1 Å². The second-order valence-electron chi connectivity index (χ2n) is 7.28. The van der Waals surface area contributed by atoms with Crippen LogP contribution >= 0.6 is 11.3 Å². The van der Waals surface area contributed by atoms with Gasteiger partial charge in [-0.1, -0.05) is 6.07 Å². The summed E-state index contributed by atoms with van der Waals surface area (Å²) < 4.78 is 1.76. The Kier molecular flexibility index (Phi) is 4.39. The Morgan fingerprint density at radius 1 is 1.23 bits per heavy atom. The molecule has 0 aliphatic heterocycles. The molecule has 0 unspecified atom stereocenters. The van der Waals surface area contributed by atoms with E-state index in [0.717, 1.165) is 37.5 Å². The standard InChI is InChI=1S/C22H17N7OS/c1-11-5-15-16(7-23)20(31-22(15)25-9-11)19-17(10-26-29(19)2)12-3-4-13-14(6-12)18(8-24)27-28-21(13)30/h3-6,9-10H,8,24H2,1-2H3,(H,28,30). The third-order valence-electron chi connectivity index (χ3n) is 5.32. The van der Waals surface area contributed by atoms with Gasteiger partial charge in [-0.15, -0.1) is 11.3 Å². The van der Waals surface area contributed by atoms with Crippen LogP contribution in [0.1, 0.15) is 16.8 Å². The van der Waals surface area contributed by atoms with Crippen molar-refractivity contribution in [2.24, 2.45) is 12.8 Å². The zero-order valence-electron chi connectivity index (χ0n) is 16.8. The highest BCUT2D eigenvalue weighted by Crippen LogP contribution is 2.42. The fraction of sp³-hybridized carbons (Fsp3) is 0.136. The molecule has 5 aromatic rings. The van der Waals surface area contributed by atoms with Gasteiger partial charge in [-0.2, -0.15) is 15.5 Å². The van der Waals surface area contributed by atoms with E-state index in [4.69, 9.17) is 5.73 Å². The quantitative estimate of drug-likeness (QED) is 0.455. The van der Waals surface area contributed by atoms with Gasteiger partial charge in [0.1, 0.15) is 10.9 Å². The van der Waals surface area contributed by atoms with Gasteiger partial charge in [-0.25, -0.2) is 10.1 Å². The summed E-state index contributed by atoms with van der Waals surface area (Å²) in [5.74, 6) is 0. The van der Waals surface area contributed by atoms with Gasteiger partial charge in [0.25, 0.3) is 5.56 Å². The Labute approximate surface area is 180 Å². The van der Waals surface area contributed by atoms with Crippen molar-refractivity contribution < 1.29 is 0 Å².